The second-order valence-corrected chi connectivity index (χ2v) is 10.3. The van der Waals surface area contributed by atoms with Crippen molar-refractivity contribution in [1.82, 2.24) is 15.1 Å². The number of carbonyl (C=O) groups excluding carboxylic acids is 3. The third-order valence-electron chi connectivity index (χ3n) is 7.74. The number of nitro benzene ring substituents is 1. The summed E-state index contributed by atoms with van der Waals surface area (Å²) in [5.74, 6) is -0.921. The van der Waals surface area contributed by atoms with Crippen LogP contribution in [-0.4, -0.2) is 83.2 Å². The number of carbonyl (C=O) groups is 3. The molecule has 3 fully saturated rings. The van der Waals surface area contributed by atoms with Gasteiger partial charge >= 0.3 is 0 Å². The zero-order valence-corrected chi connectivity index (χ0v) is 21.8. The van der Waals surface area contributed by atoms with Crippen LogP contribution in [0.5, 0.6) is 0 Å². The number of hydrogen-bond acceptors (Lipinski definition) is 7. The summed E-state index contributed by atoms with van der Waals surface area (Å²) >= 11 is 0. The summed E-state index contributed by atoms with van der Waals surface area (Å²) in [6, 6.07) is 12.0. The number of nitro groups is 1. The summed E-state index contributed by atoms with van der Waals surface area (Å²) in [5.41, 5.74) is 0.495. The van der Waals surface area contributed by atoms with E-state index in [1.807, 2.05) is 19.1 Å². The molecule has 0 aromatic heterocycles. The number of amides is 3. The van der Waals surface area contributed by atoms with Gasteiger partial charge in [0.05, 0.1) is 17.6 Å². The Balaban J connectivity index is 1.34. The molecule has 1 spiro atoms. The van der Waals surface area contributed by atoms with E-state index in [9.17, 15) is 24.5 Å². The highest BCUT2D eigenvalue weighted by molar-refractivity contribution is 5.99. The SMILES string of the molecule is Cc1ccc(C(=O)N2[C@H](C(=O)NC[C@@H]3CCCO3)COC23CCN(C(=O)c2cccc([N+](=O)[O-])c2)CC3)cc1. The van der Waals surface area contributed by atoms with Crippen LogP contribution in [0.1, 0.15) is 52.0 Å². The average molecular weight is 537 g/mol. The van der Waals surface area contributed by atoms with E-state index in [0.29, 0.717) is 31.6 Å². The standard InChI is InChI=1S/C28H32N4O7/c1-19-7-9-20(10-8-19)27(35)31-24(25(33)29-17-23-6-3-15-38-23)18-39-28(31)11-13-30(14-12-28)26(34)21-4-2-5-22(16-21)32(36)37/h2,4-5,7-10,16,23-24H,3,6,11-15,17-18H2,1H3,(H,29,33)/t23-,24-/m0/s1. The minimum atomic E-state index is -1.05. The van der Waals surface area contributed by atoms with Crippen molar-refractivity contribution in [3.8, 4) is 0 Å². The number of piperidine rings is 1. The Hall–Kier alpha value is -3.83. The van der Waals surface area contributed by atoms with E-state index in [1.165, 1.54) is 18.2 Å². The molecule has 206 valence electrons. The number of rotatable bonds is 6. The molecule has 0 saturated carbocycles. The van der Waals surface area contributed by atoms with E-state index in [-0.39, 0.29) is 54.8 Å². The highest BCUT2D eigenvalue weighted by Gasteiger charge is 2.54. The molecule has 0 radical (unpaired) electrons. The van der Waals surface area contributed by atoms with Crippen LogP contribution in [-0.2, 0) is 14.3 Å². The van der Waals surface area contributed by atoms with Crippen LogP contribution in [0.4, 0.5) is 5.69 Å². The van der Waals surface area contributed by atoms with E-state index < -0.39 is 16.7 Å². The third-order valence-corrected chi connectivity index (χ3v) is 7.74. The predicted octanol–water partition coefficient (Wildman–Crippen LogP) is 2.67. The Morgan fingerprint density at radius 3 is 2.49 bits per heavy atom. The topological polar surface area (TPSA) is 131 Å². The number of nitrogens with one attached hydrogen (secondary N) is 1. The van der Waals surface area contributed by atoms with Crippen molar-refractivity contribution < 1.29 is 28.8 Å². The molecular formula is C28H32N4O7. The fourth-order valence-electron chi connectivity index (χ4n) is 5.53. The Kier molecular flexibility index (Phi) is 7.62. The van der Waals surface area contributed by atoms with Crippen LogP contribution in [0.15, 0.2) is 48.5 Å². The third kappa shape index (κ3) is 5.50. The summed E-state index contributed by atoms with van der Waals surface area (Å²) in [4.78, 5) is 54.1. The number of nitrogens with zero attached hydrogens (tertiary/aromatic N) is 3. The summed E-state index contributed by atoms with van der Waals surface area (Å²) < 4.78 is 11.9. The van der Waals surface area contributed by atoms with Crippen LogP contribution >= 0.6 is 0 Å². The van der Waals surface area contributed by atoms with Gasteiger partial charge in [-0.3, -0.25) is 29.4 Å². The average Bonchev–Trinajstić information content (AvgIpc) is 3.60. The highest BCUT2D eigenvalue weighted by Crippen LogP contribution is 2.39. The first kappa shape index (κ1) is 26.8. The minimum Gasteiger partial charge on any atom is -0.376 e. The smallest absolute Gasteiger partial charge is 0.270 e. The van der Waals surface area contributed by atoms with E-state index in [0.717, 1.165) is 18.4 Å². The molecule has 3 aliphatic rings. The van der Waals surface area contributed by atoms with Gasteiger partial charge in [0.25, 0.3) is 17.5 Å². The van der Waals surface area contributed by atoms with Gasteiger partial charge in [0.1, 0.15) is 11.8 Å². The summed E-state index contributed by atoms with van der Waals surface area (Å²) in [6.07, 6.45) is 2.42. The van der Waals surface area contributed by atoms with Gasteiger partial charge < -0.3 is 19.7 Å². The quantitative estimate of drug-likeness (QED) is 0.444. The largest absolute Gasteiger partial charge is 0.376 e. The number of aryl methyl sites for hydroxylation is 1. The lowest BCUT2D eigenvalue weighted by atomic mass is 9.96. The molecule has 0 unspecified atom stereocenters. The first-order valence-electron chi connectivity index (χ1n) is 13.2. The zero-order valence-electron chi connectivity index (χ0n) is 21.8. The second-order valence-electron chi connectivity index (χ2n) is 10.3. The van der Waals surface area contributed by atoms with E-state index in [1.54, 1.807) is 28.0 Å². The van der Waals surface area contributed by atoms with Crippen LogP contribution in [0.3, 0.4) is 0 Å². The summed E-state index contributed by atoms with van der Waals surface area (Å²) in [7, 11) is 0. The predicted molar refractivity (Wildman–Crippen MR) is 140 cm³/mol. The number of likely N-dealkylation sites (tertiary alicyclic amines) is 1. The van der Waals surface area contributed by atoms with Crippen LogP contribution in [0.25, 0.3) is 0 Å². The second kappa shape index (κ2) is 11.1. The molecule has 2 aromatic carbocycles. The molecule has 3 aliphatic heterocycles. The van der Waals surface area contributed by atoms with E-state index in [4.69, 9.17) is 9.47 Å². The maximum absolute atomic E-state index is 13.8. The number of hydrogen-bond donors (Lipinski definition) is 1. The molecule has 1 N–H and O–H groups in total. The lowest BCUT2D eigenvalue weighted by Gasteiger charge is -2.44. The van der Waals surface area contributed by atoms with Gasteiger partial charge in [-0.05, 0) is 38.0 Å². The molecular weight excluding hydrogens is 504 g/mol. The molecule has 2 aromatic rings. The number of benzene rings is 2. The van der Waals surface area contributed by atoms with Crippen molar-refractivity contribution in [1.29, 1.82) is 0 Å². The van der Waals surface area contributed by atoms with Gasteiger partial charge in [0, 0.05) is 62.3 Å². The Morgan fingerprint density at radius 2 is 1.82 bits per heavy atom. The Morgan fingerprint density at radius 1 is 1.08 bits per heavy atom. The van der Waals surface area contributed by atoms with Crippen molar-refractivity contribution in [3.05, 3.63) is 75.3 Å². The highest BCUT2D eigenvalue weighted by atomic mass is 16.6. The maximum atomic E-state index is 13.8. The summed E-state index contributed by atoms with van der Waals surface area (Å²) in [6.45, 7) is 3.57. The summed E-state index contributed by atoms with van der Waals surface area (Å²) in [5, 5.41) is 14.1. The fraction of sp³-hybridized carbons (Fsp3) is 0.464. The Bertz CT molecular complexity index is 1250. The monoisotopic (exact) mass is 536 g/mol. The molecule has 3 heterocycles. The van der Waals surface area contributed by atoms with Crippen molar-refractivity contribution in [3.63, 3.8) is 0 Å². The van der Waals surface area contributed by atoms with Crippen molar-refractivity contribution in [2.45, 2.75) is 50.5 Å². The molecule has 11 nitrogen and oxygen atoms in total. The molecule has 3 saturated heterocycles. The van der Waals surface area contributed by atoms with E-state index in [2.05, 4.69) is 5.32 Å². The van der Waals surface area contributed by atoms with Gasteiger partial charge in [-0.2, -0.15) is 0 Å². The Labute approximate surface area is 226 Å². The minimum absolute atomic E-state index is 0.0328. The van der Waals surface area contributed by atoms with Gasteiger partial charge in [-0.25, -0.2) is 0 Å². The van der Waals surface area contributed by atoms with Crippen molar-refractivity contribution >= 4 is 23.4 Å². The molecule has 11 heteroatoms. The lowest BCUT2D eigenvalue weighted by molar-refractivity contribution is -0.384. The van der Waals surface area contributed by atoms with Crippen molar-refractivity contribution in [2.24, 2.45) is 0 Å². The molecule has 2 atom stereocenters. The lowest BCUT2D eigenvalue weighted by Crippen LogP contribution is -2.60. The van der Waals surface area contributed by atoms with Gasteiger partial charge in [0.15, 0.2) is 0 Å². The van der Waals surface area contributed by atoms with Crippen molar-refractivity contribution in [2.75, 3.05) is 32.8 Å². The van der Waals surface area contributed by atoms with Gasteiger partial charge in [0.2, 0.25) is 5.91 Å². The van der Waals surface area contributed by atoms with Crippen LogP contribution < -0.4 is 5.32 Å². The number of non-ortho nitro benzene ring substituents is 1. The first-order chi connectivity index (χ1) is 18.8. The molecule has 39 heavy (non-hydrogen) atoms. The molecule has 0 bridgehead atoms. The number of ether oxygens (including phenoxy) is 2. The van der Waals surface area contributed by atoms with Gasteiger partial charge in [-0.15, -0.1) is 0 Å². The first-order valence-corrected chi connectivity index (χ1v) is 13.2. The van der Waals surface area contributed by atoms with Crippen LogP contribution in [0, 0.1) is 17.0 Å². The van der Waals surface area contributed by atoms with Crippen LogP contribution in [0.2, 0.25) is 0 Å². The zero-order chi connectivity index (χ0) is 27.6. The fourth-order valence-corrected chi connectivity index (χ4v) is 5.53. The molecule has 3 amide bonds. The maximum Gasteiger partial charge on any atom is 0.270 e. The molecule has 5 rings (SSSR count). The van der Waals surface area contributed by atoms with Gasteiger partial charge in [-0.1, -0.05) is 23.8 Å². The van der Waals surface area contributed by atoms with E-state index >= 15 is 0 Å². The molecule has 0 aliphatic carbocycles. The normalized spacial score (nSPS) is 22.2.